The fourth-order valence-corrected chi connectivity index (χ4v) is 1.66. The molecule has 1 aromatic heterocycles. The van der Waals surface area contributed by atoms with Gasteiger partial charge in [0, 0.05) is 25.0 Å². The van der Waals surface area contributed by atoms with Crippen molar-refractivity contribution in [2.75, 3.05) is 20.1 Å². The van der Waals surface area contributed by atoms with Crippen LogP contribution in [0, 0.1) is 0 Å². The molecule has 0 radical (unpaired) electrons. The van der Waals surface area contributed by atoms with Crippen LogP contribution in [0.1, 0.15) is 25.3 Å². The van der Waals surface area contributed by atoms with Gasteiger partial charge in [0.2, 0.25) is 0 Å². The van der Waals surface area contributed by atoms with Crippen molar-refractivity contribution in [3.63, 3.8) is 0 Å². The van der Waals surface area contributed by atoms with Crippen molar-refractivity contribution >= 4 is 0 Å². The Bertz CT molecular complexity index is 272. The molecule has 1 atom stereocenters. The Morgan fingerprint density at radius 3 is 2.88 bits per heavy atom. The summed E-state index contributed by atoms with van der Waals surface area (Å²) in [5.74, 6) is 0. The van der Waals surface area contributed by atoms with Crippen molar-refractivity contribution in [3.05, 3.63) is 30.1 Å². The van der Waals surface area contributed by atoms with E-state index in [1.165, 1.54) is 12.0 Å². The van der Waals surface area contributed by atoms with Gasteiger partial charge in [0.25, 0.3) is 0 Å². The number of aromatic nitrogens is 1. The monoisotopic (exact) mass is 221 g/mol. The molecule has 16 heavy (non-hydrogen) atoms. The Balaban J connectivity index is 2.13. The summed E-state index contributed by atoms with van der Waals surface area (Å²) in [5, 5.41) is 0. The van der Waals surface area contributed by atoms with Crippen molar-refractivity contribution in [1.82, 2.24) is 9.88 Å². The molecule has 3 nitrogen and oxygen atoms in total. The molecule has 1 rings (SSSR count). The van der Waals surface area contributed by atoms with Gasteiger partial charge in [-0.05, 0) is 51.4 Å². The molecule has 0 saturated carbocycles. The summed E-state index contributed by atoms with van der Waals surface area (Å²) in [6, 6.07) is 4.44. The molecule has 90 valence electrons. The van der Waals surface area contributed by atoms with E-state index in [0.717, 1.165) is 25.9 Å². The first-order valence-electron chi connectivity index (χ1n) is 6.01. The van der Waals surface area contributed by atoms with Crippen LogP contribution < -0.4 is 5.73 Å². The van der Waals surface area contributed by atoms with Gasteiger partial charge in [0.05, 0.1) is 0 Å². The molecular formula is C13H23N3. The third-order valence-electron chi connectivity index (χ3n) is 2.70. The zero-order valence-electron chi connectivity index (χ0n) is 10.4. The third-order valence-corrected chi connectivity index (χ3v) is 2.70. The van der Waals surface area contributed by atoms with Crippen LogP contribution in [-0.4, -0.2) is 36.1 Å². The molecule has 0 amide bonds. The van der Waals surface area contributed by atoms with Crippen molar-refractivity contribution in [1.29, 1.82) is 0 Å². The fourth-order valence-electron chi connectivity index (χ4n) is 1.66. The van der Waals surface area contributed by atoms with Crippen molar-refractivity contribution < 1.29 is 0 Å². The van der Waals surface area contributed by atoms with Crippen LogP contribution in [0.5, 0.6) is 0 Å². The predicted molar refractivity (Wildman–Crippen MR) is 68.3 cm³/mol. The van der Waals surface area contributed by atoms with Crippen LogP contribution >= 0.6 is 0 Å². The standard InChI is InChI=1S/C13H23N3/c1-12(14)5-4-9-16(2)10-7-13-6-3-8-15-11-13/h3,6,8,11-12H,4-5,7,9-10,14H2,1-2H3. The second-order valence-electron chi connectivity index (χ2n) is 4.53. The summed E-state index contributed by atoms with van der Waals surface area (Å²) < 4.78 is 0. The van der Waals surface area contributed by atoms with Crippen molar-refractivity contribution in [2.45, 2.75) is 32.2 Å². The molecule has 1 aromatic rings. The van der Waals surface area contributed by atoms with Gasteiger partial charge in [-0.2, -0.15) is 0 Å². The Kier molecular flexibility index (Phi) is 6.04. The van der Waals surface area contributed by atoms with Gasteiger partial charge in [0.1, 0.15) is 0 Å². The lowest BCUT2D eigenvalue weighted by atomic mass is 10.2. The predicted octanol–water partition coefficient (Wildman–Crippen LogP) is 1.68. The highest BCUT2D eigenvalue weighted by atomic mass is 15.1. The molecule has 0 spiro atoms. The van der Waals surface area contributed by atoms with Gasteiger partial charge in [-0.25, -0.2) is 0 Å². The largest absolute Gasteiger partial charge is 0.328 e. The molecule has 0 bridgehead atoms. The van der Waals surface area contributed by atoms with Crippen LogP contribution in [-0.2, 0) is 6.42 Å². The average Bonchev–Trinajstić information content (AvgIpc) is 2.27. The Morgan fingerprint density at radius 2 is 2.25 bits per heavy atom. The lowest BCUT2D eigenvalue weighted by Gasteiger charge is -2.16. The first-order valence-corrected chi connectivity index (χ1v) is 6.01. The quantitative estimate of drug-likeness (QED) is 0.762. The first kappa shape index (κ1) is 13.1. The van der Waals surface area contributed by atoms with E-state index >= 15 is 0 Å². The minimum absolute atomic E-state index is 0.326. The molecule has 1 unspecified atom stereocenters. The number of pyridine rings is 1. The van der Waals surface area contributed by atoms with E-state index in [1.54, 1.807) is 0 Å². The summed E-state index contributed by atoms with van der Waals surface area (Å²) in [6.45, 7) is 4.28. The average molecular weight is 221 g/mol. The van der Waals surface area contributed by atoms with Crippen LogP contribution in [0.3, 0.4) is 0 Å². The molecule has 2 N–H and O–H groups in total. The van der Waals surface area contributed by atoms with E-state index < -0.39 is 0 Å². The summed E-state index contributed by atoms with van der Waals surface area (Å²) in [7, 11) is 2.16. The highest BCUT2D eigenvalue weighted by molar-refractivity contribution is 5.08. The van der Waals surface area contributed by atoms with Gasteiger partial charge in [-0.15, -0.1) is 0 Å². The molecule has 0 fully saturated rings. The molecule has 0 aliphatic heterocycles. The highest BCUT2D eigenvalue weighted by Gasteiger charge is 2.00. The van der Waals surface area contributed by atoms with E-state index in [4.69, 9.17) is 5.73 Å². The third kappa shape index (κ3) is 5.83. The lowest BCUT2D eigenvalue weighted by Crippen LogP contribution is -2.24. The van der Waals surface area contributed by atoms with Gasteiger partial charge >= 0.3 is 0 Å². The molecular weight excluding hydrogens is 198 g/mol. The van der Waals surface area contributed by atoms with E-state index in [9.17, 15) is 0 Å². The second-order valence-corrected chi connectivity index (χ2v) is 4.53. The SMILES string of the molecule is CC(N)CCCN(C)CCc1cccnc1. The molecule has 1 heterocycles. The van der Waals surface area contributed by atoms with Gasteiger partial charge in [0.15, 0.2) is 0 Å². The molecule has 3 heteroatoms. The number of rotatable bonds is 7. The Morgan fingerprint density at radius 1 is 1.44 bits per heavy atom. The van der Waals surface area contributed by atoms with Crippen molar-refractivity contribution in [2.24, 2.45) is 5.73 Å². The number of nitrogens with zero attached hydrogens (tertiary/aromatic N) is 2. The van der Waals surface area contributed by atoms with Gasteiger partial charge in [-0.1, -0.05) is 6.07 Å². The number of nitrogens with two attached hydrogens (primary N) is 1. The van der Waals surface area contributed by atoms with Crippen LogP contribution in [0.4, 0.5) is 0 Å². The lowest BCUT2D eigenvalue weighted by molar-refractivity contribution is 0.326. The minimum atomic E-state index is 0.326. The van der Waals surface area contributed by atoms with Gasteiger partial charge < -0.3 is 10.6 Å². The molecule has 0 aliphatic rings. The fraction of sp³-hybridized carbons (Fsp3) is 0.615. The summed E-state index contributed by atoms with van der Waals surface area (Å²) in [6.07, 6.45) is 7.12. The van der Waals surface area contributed by atoms with E-state index in [-0.39, 0.29) is 0 Å². The Hall–Kier alpha value is -0.930. The maximum Gasteiger partial charge on any atom is 0.0300 e. The van der Waals surface area contributed by atoms with Crippen molar-refractivity contribution in [3.8, 4) is 0 Å². The van der Waals surface area contributed by atoms with E-state index in [2.05, 4.69) is 29.9 Å². The van der Waals surface area contributed by atoms with Crippen LogP contribution in [0.25, 0.3) is 0 Å². The number of hydrogen-bond donors (Lipinski definition) is 1. The van der Waals surface area contributed by atoms with E-state index in [1.807, 2.05) is 18.5 Å². The zero-order valence-corrected chi connectivity index (χ0v) is 10.4. The maximum atomic E-state index is 5.72. The highest BCUT2D eigenvalue weighted by Crippen LogP contribution is 2.00. The summed E-state index contributed by atoms with van der Waals surface area (Å²) in [5.41, 5.74) is 7.02. The molecule has 0 saturated heterocycles. The van der Waals surface area contributed by atoms with Crippen LogP contribution in [0.2, 0.25) is 0 Å². The maximum absolute atomic E-state index is 5.72. The summed E-state index contributed by atoms with van der Waals surface area (Å²) in [4.78, 5) is 6.47. The molecule has 0 aliphatic carbocycles. The van der Waals surface area contributed by atoms with Crippen LogP contribution in [0.15, 0.2) is 24.5 Å². The minimum Gasteiger partial charge on any atom is -0.328 e. The number of hydrogen-bond acceptors (Lipinski definition) is 3. The topological polar surface area (TPSA) is 42.1 Å². The smallest absolute Gasteiger partial charge is 0.0300 e. The van der Waals surface area contributed by atoms with Gasteiger partial charge in [-0.3, -0.25) is 4.98 Å². The first-order chi connectivity index (χ1) is 7.68. The second kappa shape index (κ2) is 7.36. The summed E-state index contributed by atoms with van der Waals surface area (Å²) >= 11 is 0. The Labute approximate surface area is 98.7 Å². The zero-order chi connectivity index (χ0) is 11.8. The molecule has 0 aromatic carbocycles. The normalized spacial score (nSPS) is 13.0. The van der Waals surface area contributed by atoms with E-state index in [0.29, 0.717) is 6.04 Å². The number of likely N-dealkylation sites (N-methyl/N-ethyl adjacent to an activating group) is 1.